The van der Waals surface area contributed by atoms with Gasteiger partial charge in [-0.15, -0.1) is 0 Å². The first-order chi connectivity index (χ1) is 14.0. The largest absolute Gasteiger partial charge is 0.497 e. The third-order valence-corrected chi connectivity index (χ3v) is 5.49. The Balaban J connectivity index is 1.79. The Bertz CT molecular complexity index is 1030. The molecule has 0 fully saturated rings. The molecule has 1 unspecified atom stereocenters. The van der Waals surface area contributed by atoms with Crippen molar-refractivity contribution in [1.82, 2.24) is 10.2 Å². The van der Waals surface area contributed by atoms with Gasteiger partial charge in [-0.1, -0.05) is 0 Å². The van der Waals surface area contributed by atoms with Crippen molar-refractivity contribution in [2.45, 2.75) is 26.0 Å². The standard InChI is InChI=1S/C22H25N3O4/c1-13(26)16-9-17-19(10-22(16)29-4)24-23-11-20(17)25-6-5-14-7-15(27-2)8-21(28-3)18(14)12-25/h7-11,13,26H,5-6,12H2,1-4H3. The van der Waals surface area contributed by atoms with Crippen molar-refractivity contribution in [2.24, 2.45) is 0 Å². The van der Waals surface area contributed by atoms with Gasteiger partial charge in [-0.05, 0) is 31.0 Å². The predicted octanol–water partition coefficient (Wildman–Crippen LogP) is 3.27. The fraction of sp³-hybridized carbons (Fsp3) is 0.364. The summed E-state index contributed by atoms with van der Waals surface area (Å²) < 4.78 is 16.5. The maximum Gasteiger partial charge on any atom is 0.127 e. The van der Waals surface area contributed by atoms with Crippen molar-refractivity contribution in [2.75, 3.05) is 32.8 Å². The molecule has 7 heteroatoms. The quantitative estimate of drug-likeness (QED) is 0.710. The average Bonchev–Trinajstić information content (AvgIpc) is 2.76. The molecule has 29 heavy (non-hydrogen) atoms. The molecular formula is C22H25N3O4. The molecule has 7 nitrogen and oxygen atoms in total. The summed E-state index contributed by atoms with van der Waals surface area (Å²) in [5.74, 6) is 2.23. The van der Waals surface area contributed by atoms with Gasteiger partial charge in [0.15, 0.2) is 0 Å². The van der Waals surface area contributed by atoms with E-state index in [1.54, 1.807) is 34.4 Å². The molecule has 2 heterocycles. The molecule has 1 aromatic heterocycles. The van der Waals surface area contributed by atoms with Crippen molar-refractivity contribution in [1.29, 1.82) is 0 Å². The van der Waals surface area contributed by atoms with Crippen LogP contribution >= 0.6 is 0 Å². The number of rotatable bonds is 5. The summed E-state index contributed by atoms with van der Waals surface area (Å²) in [6.45, 7) is 3.26. The van der Waals surface area contributed by atoms with Crippen LogP contribution in [-0.4, -0.2) is 43.2 Å². The Morgan fingerprint density at radius 1 is 1.03 bits per heavy atom. The lowest BCUT2D eigenvalue weighted by Crippen LogP contribution is -2.31. The Hall–Kier alpha value is -3.06. The fourth-order valence-corrected chi connectivity index (χ4v) is 3.95. The van der Waals surface area contributed by atoms with E-state index in [1.165, 1.54) is 5.56 Å². The van der Waals surface area contributed by atoms with Crippen molar-refractivity contribution < 1.29 is 19.3 Å². The van der Waals surface area contributed by atoms with Gasteiger partial charge in [0, 0.05) is 41.7 Å². The second-order valence-electron chi connectivity index (χ2n) is 7.16. The molecule has 0 amide bonds. The zero-order valence-corrected chi connectivity index (χ0v) is 17.1. The zero-order valence-electron chi connectivity index (χ0n) is 17.1. The van der Waals surface area contributed by atoms with Crippen molar-refractivity contribution in [3.05, 3.63) is 47.2 Å². The van der Waals surface area contributed by atoms with E-state index in [-0.39, 0.29) is 0 Å². The number of hydrogen-bond acceptors (Lipinski definition) is 7. The summed E-state index contributed by atoms with van der Waals surface area (Å²) in [6.07, 6.45) is 2.00. The fourth-order valence-electron chi connectivity index (χ4n) is 3.95. The predicted molar refractivity (Wildman–Crippen MR) is 111 cm³/mol. The molecule has 0 aliphatic carbocycles. The summed E-state index contributed by atoms with van der Waals surface area (Å²) >= 11 is 0. The molecule has 0 spiro atoms. The minimum Gasteiger partial charge on any atom is -0.497 e. The van der Waals surface area contributed by atoms with E-state index < -0.39 is 6.10 Å². The minimum atomic E-state index is -0.648. The average molecular weight is 395 g/mol. The molecule has 1 N–H and O–H groups in total. The van der Waals surface area contributed by atoms with Crippen LogP contribution in [0.3, 0.4) is 0 Å². The maximum absolute atomic E-state index is 10.2. The molecule has 4 rings (SSSR count). The number of ether oxygens (including phenoxy) is 3. The SMILES string of the molecule is COc1cc2c(c(OC)c1)CN(c1cnnc3cc(OC)c(C(C)O)cc13)CC2. The number of anilines is 1. The van der Waals surface area contributed by atoms with E-state index >= 15 is 0 Å². The summed E-state index contributed by atoms with van der Waals surface area (Å²) in [6, 6.07) is 7.77. The number of methoxy groups -OCH3 is 3. The molecule has 1 aliphatic rings. The van der Waals surface area contributed by atoms with E-state index in [9.17, 15) is 5.11 Å². The lowest BCUT2D eigenvalue weighted by atomic mass is 9.97. The number of aromatic nitrogens is 2. The van der Waals surface area contributed by atoms with Crippen LogP contribution < -0.4 is 19.1 Å². The third-order valence-electron chi connectivity index (χ3n) is 5.49. The van der Waals surface area contributed by atoms with Crippen molar-refractivity contribution in [3.63, 3.8) is 0 Å². The second kappa shape index (κ2) is 7.75. The van der Waals surface area contributed by atoms with Crippen LogP contribution in [0.15, 0.2) is 30.5 Å². The van der Waals surface area contributed by atoms with Crippen LogP contribution in [0, 0.1) is 0 Å². The van der Waals surface area contributed by atoms with Crippen LogP contribution in [0.1, 0.15) is 29.7 Å². The van der Waals surface area contributed by atoms with Gasteiger partial charge >= 0.3 is 0 Å². The highest BCUT2D eigenvalue weighted by molar-refractivity contribution is 5.92. The Labute approximate surface area is 169 Å². The first-order valence-corrected chi connectivity index (χ1v) is 9.55. The first-order valence-electron chi connectivity index (χ1n) is 9.55. The molecule has 3 aromatic rings. The Kier molecular flexibility index (Phi) is 5.15. The number of benzene rings is 2. The van der Waals surface area contributed by atoms with Gasteiger partial charge < -0.3 is 24.2 Å². The Morgan fingerprint density at radius 3 is 2.52 bits per heavy atom. The highest BCUT2D eigenvalue weighted by atomic mass is 16.5. The number of nitrogens with zero attached hydrogens (tertiary/aromatic N) is 3. The zero-order chi connectivity index (χ0) is 20.5. The maximum atomic E-state index is 10.2. The minimum absolute atomic E-state index is 0.608. The first kappa shape index (κ1) is 19.3. The molecule has 0 saturated heterocycles. The van der Waals surface area contributed by atoms with Crippen LogP contribution in [0.5, 0.6) is 17.2 Å². The molecular weight excluding hydrogens is 370 g/mol. The topological polar surface area (TPSA) is 76.9 Å². The van der Waals surface area contributed by atoms with E-state index in [2.05, 4.69) is 21.2 Å². The Morgan fingerprint density at radius 2 is 1.83 bits per heavy atom. The van der Waals surface area contributed by atoms with Gasteiger partial charge in [-0.2, -0.15) is 10.2 Å². The monoisotopic (exact) mass is 395 g/mol. The van der Waals surface area contributed by atoms with E-state index in [4.69, 9.17) is 14.2 Å². The molecule has 2 aromatic carbocycles. The van der Waals surface area contributed by atoms with Crippen LogP contribution in [0.4, 0.5) is 5.69 Å². The van der Waals surface area contributed by atoms with Gasteiger partial charge in [-0.3, -0.25) is 0 Å². The normalized spacial score (nSPS) is 14.4. The number of aliphatic hydroxyl groups excluding tert-OH is 1. The van der Waals surface area contributed by atoms with E-state index in [1.807, 2.05) is 18.2 Å². The number of hydrogen-bond donors (Lipinski definition) is 1. The van der Waals surface area contributed by atoms with Crippen molar-refractivity contribution >= 4 is 16.6 Å². The molecule has 0 saturated carbocycles. The highest BCUT2D eigenvalue weighted by Gasteiger charge is 2.24. The van der Waals surface area contributed by atoms with Crippen LogP contribution in [0.2, 0.25) is 0 Å². The third kappa shape index (κ3) is 3.42. The number of aliphatic hydroxyl groups is 1. The highest BCUT2D eigenvalue weighted by Crippen LogP contribution is 2.38. The summed E-state index contributed by atoms with van der Waals surface area (Å²) in [5.41, 5.74) is 4.82. The smallest absolute Gasteiger partial charge is 0.127 e. The second-order valence-corrected chi connectivity index (χ2v) is 7.16. The van der Waals surface area contributed by atoms with Gasteiger partial charge in [0.1, 0.15) is 17.2 Å². The summed E-state index contributed by atoms with van der Waals surface area (Å²) in [4.78, 5) is 2.27. The van der Waals surface area contributed by atoms with Gasteiger partial charge in [0.25, 0.3) is 0 Å². The van der Waals surface area contributed by atoms with E-state index in [0.717, 1.165) is 52.2 Å². The van der Waals surface area contributed by atoms with E-state index in [0.29, 0.717) is 12.3 Å². The number of fused-ring (bicyclic) bond motifs is 2. The molecule has 0 radical (unpaired) electrons. The van der Waals surface area contributed by atoms with Gasteiger partial charge in [0.05, 0.1) is 44.8 Å². The molecule has 152 valence electrons. The summed E-state index contributed by atoms with van der Waals surface area (Å²) in [5, 5.41) is 19.6. The lowest BCUT2D eigenvalue weighted by molar-refractivity contribution is 0.194. The van der Waals surface area contributed by atoms with Crippen molar-refractivity contribution in [3.8, 4) is 17.2 Å². The molecule has 1 atom stereocenters. The van der Waals surface area contributed by atoms with Crippen LogP contribution in [0.25, 0.3) is 10.9 Å². The van der Waals surface area contributed by atoms with Crippen LogP contribution in [-0.2, 0) is 13.0 Å². The summed E-state index contributed by atoms with van der Waals surface area (Å²) in [7, 11) is 4.93. The lowest BCUT2D eigenvalue weighted by Gasteiger charge is -2.32. The van der Waals surface area contributed by atoms with Gasteiger partial charge in [0.2, 0.25) is 0 Å². The molecule has 0 bridgehead atoms. The van der Waals surface area contributed by atoms with Gasteiger partial charge in [-0.25, -0.2) is 0 Å². The molecule has 1 aliphatic heterocycles.